The van der Waals surface area contributed by atoms with E-state index in [1.807, 2.05) is 0 Å². The van der Waals surface area contributed by atoms with Gasteiger partial charge in [0.2, 0.25) is 12.2 Å². The molecule has 4 amide bonds. The standard InChI is InChI=1S/C28H37N3O14/c29-28(40)43-15-17-14-16(3-4-18(17)44-27-24(37)22(35)23(36)25(45-27)26(38)39)2-1-10-41-12-13-42-11-8-30-19(32)7-9-31-20(33)5-6-21(31)34/h3-6,14,22-25,27,35-37H,1-2,7-13,15H2,(H2,29,40)(H,30,32)(H,38,39)/t22-,23-,24+,25-,27+/m0/s1. The van der Waals surface area contributed by atoms with Crippen LogP contribution in [0, 0.1) is 0 Å². The summed E-state index contributed by atoms with van der Waals surface area (Å²) >= 11 is 0. The molecule has 5 atom stereocenters. The summed E-state index contributed by atoms with van der Waals surface area (Å²) in [5, 5.41) is 42.0. The predicted octanol–water partition coefficient (Wildman–Crippen LogP) is -2.05. The summed E-state index contributed by atoms with van der Waals surface area (Å²) in [5.74, 6) is -2.68. The number of aliphatic carboxylic acids is 1. The number of rotatable bonds is 18. The van der Waals surface area contributed by atoms with Crippen molar-refractivity contribution in [3.8, 4) is 5.75 Å². The van der Waals surface area contributed by atoms with Gasteiger partial charge >= 0.3 is 12.1 Å². The lowest BCUT2D eigenvalue weighted by Crippen LogP contribution is -2.61. The largest absolute Gasteiger partial charge is 0.479 e. The predicted molar refractivity (Wildman–Crippen MR) is 149 cm³/mol. The number of imide groups is 1. The highest BCUT2D eigenvalue weighted by atomic mass is 16.7. The fourth-order valence-corrected chi connectivity index (χ4v) is 4.36. The Morgan fingerprint density at radius 2 is 1.64 bits per heavy atom. The molecule has 248 valence electrons. The lowest BCUT2D eigenvalue weighted by Gasteiger charge is -2.38. The summed E-state index contributed by atoms with van der Waals surface area (Å²) in [6, 6.07) is 4.84. The number of ether oxygens (including phenoxy) is 5. The van der Waals surface area contributed by atoms with Crippen LogP contribution in [0.15, 0.2) is 30.4 Å². The van der Waals surface area contributed by atoms with Gasteiger partial charge in [-0.3, -0.25) is 19.3 Å². The number of nitrogens with zero attached hydrogens (tertiary/aromatic N) is 1. The van der Waals surface area contributed by atoms with E-state index < -0.39 is 54.6 Å². The van der Waals surface area contributed by atoms with Gasteiger partial charge in [-0.2, -0.15) is 0 Å². The van der Waals surface area contributed by atoms with E-state index in [1.165, 1.54) is 6.07 Å². The number of aryl methyl sites for hydroxylation is 1. The number of nitrogens with one attached hydrogen (secondary N) is 1. The summed E-state index contributed by atoms with van der Waals surface area (Å²) < 4.78 is 26.6. The van der Waals surface area contributed by atoms with Gasteiger partial charge in [0.1, 0.15) is 30.7 Å². The summed E-state index contributed by atoms with van der Waals surface area (Å²) in [4.78, 5) is 58.3. The zero-order valence-corrected chi connectivity index (χ0v) is 24.2. The first-order valence-corrected chi connectivity index (χ1v) is 14.1. The number of nitrogens with two attached hydrogens (primary N) is 1. The molecule has 0 unspecified atom stereocenters. The zero-order valence-electron chi connectivity index (χ0n) is 24.2. The number of carbonyl (C=O) groups excluding carboxylic acids is 4. The summed E-state index contributed by atoms with van der Waals surface area (Å²) in [7, 11) is 0. The van der Waals surface area contributed by atoms with Gasteiger partial charge < -0.3 is 55.2 Å². The first-order valence-electron chi connectivity index (χ1n) is 14.1. The van der Waals surface area contributed by atoms with Gasteiger partial charge in [0.05, 0.1) is 19.8 Å². The van der Waals surface area contributed by atoms with Crippen molar-refractivity contribution in [2.75, 3.05) is 39.5 Å². The molecule has 2 heterocycles. The SMILES string of the molecule is NC(=O)OCc1cc(CCCOCCOCCNC(=O)CCN2C(=O)C=CC2=O)ccc1O[C@@H]1O[C@H](C(=O)O)[C@@H](O)[C@H](O)[C@H]1O. The summed E-state index contributed by atoms with van der Waals surface area (Å²) in [5.41, 5.74) is 6.21. The highest BCUT2D eigenvalue weighted by Gasteiger charge is 2.48. The van der Waals surface area contributed by atoms with Gasteiger partial charge in [0.25, 0.3) is 11.8 Å². The number of aliphatic hydroxyl groups is 3. The maximum Gasteiger partial charge on any atom is 0.404 e. The Morgan fingerprint density at radius 3 is 2.31 bits per heavy atom. The molecule has 0 spiro atoms. The Kier molecular flexibility index (Phi) is 13.7. The third kappa shape index (κ3) is 10.8. The minimum Gasteiger partial charge on any atom is -0.479 e. The van der Waals surface area contributed by atoms with Crippen molar-refractivity contribution in [1.82, 2.24) is 10.2 Å². The van der Waals surface area contributed by atoms with E-state index in [0.717, 1.165) is 22.6 Å². The van der Waals surface area contributed by atoms with Crippen LogP contribution in [0.25, 0.3) is 0 Å². The summed E-state index contributed by atoms with van der Waals surface area (Å²) in [6.07, 6.45) is -6.56. The quantitative estimate of drug-likeness (QED) is 0.0747. The minimum absolute atomic E-state index is 0.00189. The Bertz CT molecular complexity index is 1220. The lowest BCUT2D eigenvalue weighted by atomic mass is 9.99. The van der Waals surface area contributed by atoms with Crippen molar-refractivity contribution < 1.29 is 68.1 Å². The molecule has 17 heteroatoms. The Morgan fingerprint density at radius 1 is 0.956 bits per heavy atom. The number of carbonyl (C=O) groups is 5. The Hall–Kier alpha value is -4.13. The Balaban J connectivity index is 1.35. The molecular formula is C28H37N3O14. The molecule has 2 aliphatic heterocycles. The third-order valence-electron chi connectivity index (χ3n) is 6.71. The number of hydrogen-bond acceptors (Lipinski definition) is 13. The molecule has 1 aromatic rings. The van der Waals surface area contributed by atoms with Crippen LogP contribution in [-0.4, -0.2) is 125 Å². The van der Waals surface area contributed by atoms with Gasteiger partial charge in [0.15, 0.2) is 6.10 Å². The molecule has 17 nitrogen and oxygen atoms in total. The maximum absolute atomic E-state index is 11.9. The van der Waals surface area contributed by atoms with E-state index in [-0.39, 0.29) is 44.4 Å². The number of benzene rings is 1. The number of hydrogen-bond donors (Lipinski definition) is 6. The van der Waals surface area contributed by atoms with E-state index in [2.05, 4.69) is 5.32 Å². The number of amides is 4. The van der Waals surface area contributed by atoms with Crippen LogP contribution >= 0.6 is 0 Å². The minimum atomic E-state index is -1.88. The second kappa shape index (κ2) is 17.4. The van der Waals surface area contributed by atoms with Gasteiger partial charge in [-0.15, -0.1) is 0 Å². The molecule has 7 N–H and O–H groups in total. The molecular weight excluding hydrogens is 602 g/mol. The normalized spacial score (nSPS) is 22.8. The second-order valence-corrected chi connectivity index (χ2v) is 9.99. The number of aliphatic hydroxyl groups excluding tert-OH is 3. The number of carboxylic acid groups (broad SMARTS) is 1. The molecule has 1 saturated heterocycles. The highest BCUT2D eigenvalue weighted by Crippen LogP contribution is 2.28. The highest BCUT2D eigenvalue weighted by molar-refractivity contribution is 6.13. The van der Waals surface area contributed by atoms with Crippen molar-refractivity contribution in [1.29, 1.82) is 0 Å². The van der Waals surface area contributed by atoms with Crippen LogP contribution < -0.4 is 15.8 Å². The van der Waals surface area contributed by atoms with Crippen molar-refractivity contribution in [3.05, 3.63) is 41.5 Å². The van der Waals surface area contributed by atoms with E-state index in [9.17, 15) is 44.4 Å². The second-order valence-electron chi connectivity index (χ2n) is 9.99. The topological polar surface area (TPSA) is 254 Å². The van der Waals surface area contributed by atoms with E-state index >= 15 is 0 Å². The molecule has 0 saturated carbocycles. The third-order valence-corrected chi connectivity index (χ3v) is 6.71. The molecule has 0 aromatic heterocycles. The van der Waals surface area contributed by atoms with Crippen LogP contribution in [-0.2, 0) is 51.2 Å². The average molecular weight is 640 g/mol. The molecule has 0 aliphatic carbocycles. The Labute approximate surface area is 257 Å². The van der Waals surface area contributed by atoms with Crippen LogP contribution in [0.3, 0.4) is 0 Å². The smallest absolute Gasteiger partial charge is 0.404 e. The summed E-state index contributed by atoms with van der Waals surface area (Å²) in [6.45, 7) is 1.22. The first kappa shape index (κ1) is 35.4. The zero-order chi connectivity index (χ0) is 32.9. The van der Waals surface area contributed by atoms with Crippen molar-refractivity contribution in [2.24, 2.45) is 5.73 Å². The van der Waals surface area contributed by atoms with Crippen LogP contribution in [0.4, 0.5) is 4.79 Å². The van der Waals surface area contributed by atoms with Crippen molar-refractivity contribution in [3.63, 3.8) is 0 Å². The van der Waals surface area contributed by atoms with Crippen LogP contribution in [0.1, 0.15) is 24.0 Å². The van der Waals surface area contributed by atoms with E-state index in [0.29, 0.717) is 38.2 Å². The molecule has 2 aliphatic rings. The lowest BCUT2D eigenvalue weighted by molar-refractivity contribution is -0.271. The monoisotopic (exact) mass is 639 g/mol. The van der Waals surface area contributed by atoms with E-state index in [4.69, 9.17) is 29.4 Å². The molecule has 0 radical (unpaired) electrons. The van der Waals surface area contributed by atoms with E-state index in [1.54, 1.807) is 12.1 Å². The first-order chi connectivity index (χ1) is 21.5. The number of carboxylic acids is 1. The average Bonchev–Trinajstić information content (AvgIpc) is 3.32. The van der Waals surface area contributed by atoms with Gasteiger partial charge in [-0.25, -0.2) is 9.59 Å². The fourth-order valence-electron chi connectivity index (χ4n) is 4.36. The molecule has 1 fully saturated rings. The molecule has 3 rings (SSSR count). The van der Waals surface area contributed by atoms with Crippen LogP contribution in [0.5, 0.6) is 5.75 Å². The van der Waals surface area contributed by atoms with Gasteiger partial charge in [0, 0.05) is 43.8 Å². The van der Waals surface area contributed by atoms with Gasteiger partial charge in [-0.05, 0) is 30.5 Å². The van der Waals surface area contributed by atoms with Gasteiger partial charge in [-0.1, -0.05) is 6.07 Å². The van der Waals surface area contributed by atoms with Crippen molar-refractivity contribution in [2.45, 2.75) is 56.6 Å². The molecule has 0 bridgehead atoms. The fraction of sp³-hybridized carbons (Fsp3) is 0.536. The molecule has 45 heavy (non-hydrogen) atoms. The maximum atomic E-state index is 11.9. The number of primary amides is 1. The van der Waals surface area contributed by atoms with Crippen LogP contribution in [0.2, 0.25) is 0 Å². The van der Waals surface area contributed by atoms with Crippen molar-refractivity contribution >= 4 is 29.8 Å². The molecule has 1 aromatic carbocycles.